The Hall–Kier alpha value is -0.350. The van der Waals surface area contributed by atoms with Crippen molar-refractivity contribution >= 4 is 10.0 Å². The van der Waals surface area contributed by atoms with Crippen LogP contribution >= 0.6 is 0 Å². The van der Waals surface area contributed by atoms with Crippen LogP contribution in [-0.4, -0.2) is 14.5 Å². The summed E-state index contributed by atoms with van der Waals surface area (Å²) in [7, 11) is -3.19. The maximum Gasteiger partial charge on any atom is 0.236 e. The lowest BCUT2D eigenvalue weighted by Crippen LogP contribution is -2.39. The molecule has 0 amide bonds. The molecule has 1 aliphatic carbocycles. The molecular formula is C9H17NO2S. The lowest BCUT2D eigenvalue weighted by atomic mass is 9.94. The minimum atomic E-state index is -3.19. The van der Waals surface area contributed by atoms with Crippen molar-refractivity contribution < 1.29 is 8.42 Å². The van der Waals surface area contributed by atoms with Gasteiger partial charge in [-0.25, -0.2) is 13.1 Å². The lowest BCUT2D eigenvalue weighted by Gasteiger charge is -2.26. The Labute approximate surface area is 80.3 Å². The highest BCUT2D eigenvalue weighted by molar-refractivity contribution is 7.93. The van der Waals surface area contributed by atoms with E-state index >= 15 is 0 Å². The molecule has 13 heavy (non-hydrogen) atoms. The van der Waals surface area contributed by atoms with Gasteiger partial charge in [-0.3, -0.25) is 0 Å². The van der Waals surface area contributed by atoms with Gasteiger partial charge in [-0.05, 0) is 33.6 Å². The minimum Gasteiger partial charge on any atom is -0.208 e. The van der Waals surface area contributed by atoms with E-state index in [1.165, 1.54) is 0 Å². The molecule has 1 N–H and O–H groups in total. The topological polar surface area (TPSA) is 46.2 Å². The fourth-order valence-electron chi connectivity index (χ4n) is 1.10. The fraction of sp³-hybridized carbons (Fsp3) is 0.778. The van der Waals surface area contributed by atoms with E-state index in [-0.39, 0.29) is 6.04 Å². The van der Waals surface area contributed by atoms with E-state index in [1.807, 2.05) is 13.8 Å². The monoisotopic (exact) mass is 203 g/mol. The maximum absolute atomic E-state index is 11.6. The van der Waals surface area contributed by atoms with Crippen LogP contribution in [0.25, 0.3) is 0 Å². The standard InChI is InChI=1S/C9H17NO2S/c1-7(2)8(3)13(11,12)10-9-5-4-6-9/h9-10H,4-6H2,1-3H3. The Morgan fingerprint density at radius 3 is 2.08 bits per heavy atom. The van der Waals surface area contributed by atoms with E-state index in [4.69, 9.17) is 0 Å². The van der Waals surface area contributed by atoms with Crippen molar-refractivity contribution in [3.8, 4) is 0 Å². The van der Waals surface area contributed by atoms with Crippen molar-refractivity contribution in [3.05, 3.63) is 10.5 Å². The van der Waals surface area contributed by atoms with Crippen LogP contribution in [0.2, 0.25) is 0 Å². The molecule has 1 saturated carbocycles. The average Bonchev–Trinajstić information content (AvgIpc) is 1.95. The lowest BCUT2D eigenvalue weighted by molar-refractivity contribution is 0.384. The molecule has 76 valence electrons. The summed E-state index contributed by atoms with van der Waals surface area (Å²) in [6.07, 6.45) is 3.10. The Morgan fingerprint density at radius 1 is 1.23 bits per heavy atom. The van der Waals surface area contributed by atoms with Gasteiger partial charge in [0.1, 0.15) is 0 Å². The predicted molar refractivity (Wildman–Crippen MR) is 53.7 cm³/mol. The summed E-state index contributed by atoms with van der Waals surface area (Å²) in [6, 6.07) is 0.180. The zero-order chi connectivity index (χ0) is 10.1. The van der Waals surface area contributed by atoms with Gasteiger partial charge in [0.2, 0.25) is 10.0 Å². The molecule has 0 heterocycles. The number of rotatable bonds is 3. The molecule has 0 aromatic heterocycles. The largest absolute Gasteiger partial charge is 0.236 e. The van der Waals surface area contributed by atoms with E-state index in [1.54, 1.807) is 6.92 Å². The molecule has 0 saturated heterocycles. The molecule has 0 atom stereocenters. The molecule has 0 radical (unpaired) electrons. The van der Waals surface area contributed by atoms with Crippen LogP contribution in [0.3, 0.4) is 0 Å². The second-order valence-corrected chi connectivity index (χ2v) is 5.66. The summed E-state index contributed by atoms with van der Waals surface area (Å²) in [5, 5.41) is 0. The third-order valence-electron chi connectivity index (χ3n) is 2.53. The van der Waals surface area contributed by atoms with E-state index < -0.39 is 10.0 Å². The molecule has 4 heteroatoms. The molecule has 1 fully saturated rings. The highest BCUT2D eigenvalue weighted by Gasteiger charge is 2.24. The molecule has 0 aliphatic heterocycles. The van der Waals surface area contributed by atoms with Crippen LogP contribution in [0.15, 0.2) is 10.5 Å². The SMILES string of the molecule is CC(C)=C(C)S(=O)(=O)NC1CCC1. The molecular weight excluding hydrogens is 186 g/mol. The molecule has 0 aromatic carbocycles. The first-order valence-corrected chi connectivity index (χ1v) is 6.08. The Balaban J connectivity index is 2.71. The van der Waals surface area contributed by atoms with Crippen LogP contribution < -0.4 is 4.72 Å². The van der Waals surface area contributed by atoms with Crippen molar-refractivity contribution in [2.24, 2.45) is 0 Å². The van der Waals surface area contributed by atoms with Crippen molar-refractivity contribution in [2.75, 3.05) is 0 Å². The summed E-state index contributed by atoms with van der Waals surface area (Å²) in [5.41, 5.74) is 0.854. The number of sulfonamides is 1. The second kappa shape index (κ2) is 3.80. The van der Waals surface area contributed by atoms with Crippen LogP contribution in [-0.2, 0) is 10.0 Å². The highest BCUT2D eigenvalue weighted by atomic mass is 32.2. The Morgan fingerprint density at radius 2 is 1.77 bits per heavy atom. The van der Waals surface area contributed by atoms with Gasteiger partial charge in [0, 0.05) is 6.04 Å². The third-order valence-corrected chi connectivity index (χ3v) is 4.39. The zero-order valence-corrected chi connectivity index (χ0v) is 9.24. The summed E-state index contributed by atoms with van der Waals surface area (Å²) < 4.78 is 25.9. The van der Waals surface area contributed by atoms with Crippen LogP contribution in [0.5, 0.6) is 0 Å². The second-order valence-electron chi connectivity index (χ2n) is 3.81. The maximum atomic E-state index is 11.6. The Kier molecular flexibility index (Phi) is 3.14. The van der Waals surface area contributed by atoms with E-state index in [0.29, 0.717) is 4.91 Å². The molecule has 1 rings (SSSR count). The van der Waals surface area contributed by atoms with Gasteiger partial charge >= 0.3 is 0 Å². The fourth-order valence-corrected chi connectivity index (χ4v) is 2.49. The minimum absolute atomic E-state index is 0.180. The first kappa shape index (κ1) is 10.7. The summed E-state index contributed by atoms with van der Waals surface area (Å²) in [4.78, 5) is 0.458. The Bertz CT molecular complexity index is 309. The first-order chi connectivity index (χ1) is 5.93. The van der Waals surface area contributed by atoms with Crippen molar-refractivity contribution in [1.29, 1.82) is 0 Å². The van der Waals surface area contributed by atoms with Gasteiger partial charge in [0.05, 0.1) is 4.91 Å². The summed E-state index contributed by atoms with van der Waals surface area (Å²) in [6.45, 7) is 5.28. The highest BCUT2D eigenvalue weighted by Crippen LogP contribution is 2.21. The smallest absolute Gasteiger partial charge is 0.208 e. The third kappa shape index (κ3) is 2.54. The van der Waals surface area contributed by atoms with Crippen LogP contribution in [0.4, 0.5) is 0 Å². The number of hydrogen-bond acceptors (Lipinski definition) is 2. The number of nitrogens with one attached hydrogen (secondary N) is 1. The van der Waals surface area contributed by atoms with Gasteiger partial charge in [0.25, 0.3) is 0 Å². The molecule has 3 nitrogen and oxygen atoms in total. The molecule has 0 spiro atoms. The molecule has 0 aromatic rings. The number of allylic oxidation sites excluding steroid dienone is 2. The molecule has 1 aliphatic rings. The van der Waals surface area contributed by atoms with Gasteiger partial charge in [-0.2, -0.15) is 0 Å². The average molecular weight is 203 g/mol. The van der Waals surface area contributed by atoms with E-state index in [2.05, 4.69) is 4.72 Å². The first-order valence-electron chi connectivity index (χ1n) is 4.60. The van der Waals surface area contributed by atoms with Gasteiger partial charge < -0.3 is 0 Å². The summed E-state index contributed by atoms with van der Waals surface area (Å²) in [5.74, 6) is 0. The van der Waals surface area contributed by atoms with Crippen LogP contribution in [0.1, 0.15) is 40.0 Å². The van der Waals surface area contributed by atoms with Gasteiger partial charge in [0.15, 0.2) is 0 Å². The molecule has 0 bridgehead atoms. The molecule has 0 unspecified atom stereocenters. The normalized spacial score (nSPS) is 18.1. The van der Waals surface area contributed by atoms with E-state index in [0.717, 1.165) is 24.8 Å². The van der Waals surface area contributed by atoms with E-state index in [9.17, 15) is 8.42 Å². The quantitative estimate of drug-likeness (QED) is 0.760. The van der Waals surface area contributed by atoms with Crippen LogP contribution in [0, 0.1) is 0 Å². The summed E-state index contributed by atoms with van der Waals surface area (Å²) >= 11 is 0. The van der Waals surface area contributed by atoms with Crippen molar-refractivity contribution in [3.63, 3.8) is 0 Å². The van der Waals surface area contributed by atoms with Crippen molar-refractivity contribution in [2.45, 2.75) is 46.1 Å². The predicted octanol–water partition coefficient (Wildman–Crippen LogP) is 1.77. The van der Waals surface area contributed by atoms with Gasteiger partial charge in [-0.15, -0.1) is 0 Å². The van der Waals surface area contributed by atoms with Gasteiger partial charge in [-0.1, -0.05) is 12.0 Å². The number of hydrogen-bond donors (Lipinski definition) is 1. The van der Waals surface area contributed by atoms with Crippen molar-refractivity contribution in [1.82, 2.24) is 4.72 Å². The zero-order valence-electron chi connectivity index (χ0n) is 8.42.